The van der Waals surface area contributed by atoms with E-state index in [0.717, 1.165) is 16.3 Å². The molecule has 0 atom stereocenters. The lowest BCUT2D eigenvalue weighted by Crippen LogP contribution is -2.30. The fourth-order valence-corrected chi connectivity index (χ4v) is 3.10. The molecular weight excluding hydrogens is 358 g/mol. The molecule has 0 radical (unpaired) electrons. The molecule has 1 amide bonds. The molecule has 0 bridgehead atoms. The van der Waals surface area contributed by atoms with Crippen LogP contribution >= 0.6 is 22.9 Å². The molecule has 0 aliphatic rings. The Hall–Kier alpha value is -2.44. The summed E-state index contributed by atoms with van der Waals surface area (Å²) in [5.41, 5.74) is 2.00. The highest BCUT2D eigenvalue weighted by molar-refractivity contribution is 7.13. The van der Waals surface area contributed by atoms with E-state index in [-0.39, 0.29) is 12.5 Å². The zero-order valence-electron chi connectivity index (χ0n) is 13.3. The van der Waals surface area contributed by atoms with Crippen molar-refractivity contribution in [2.45, 2.75) is 6.42 Å². The minimum atomic E-state index is -0.167. The molecule has 2 heterocycles. The van der Waals surface area contributed by atoms with Crippen LogP contribution in [-0.4, -0.2) is 29.0 Å². The minimum absolute atomic E-state index is 0.0268. The first-order valence-corrected chi connectivity index (χ1v) is 8.96. The number of hydrogen-bond acceptors (Lipinski definition) is 5. The molecule has 0 aliphatic carbocycles. The van der Waals surface area contributed by atoms with Crippen LogP contribution in [0.3, 0.4) is 0 Å². The third-order valence-electron chi connectivity index (χ3n) is 3.37. The van der Waals surface area contributed by atoms with Crippen molar-refractivity contribution in [3.8, 4) is 16.3 Å². The SMILES string of the molecule is O=C(COc1ccc(Cl)cc1)NCCc1csc(-c2ccncc2)n1. The second-order valence-electron chi connectivity index (χ2n) is 5.22. The first kappa shape index (κ1) is 17.4. The van der Waals surface area contributed by atoms with Crippen LogP contribution in [0, 0.1) is 0 Å². The smallest absolute Gasteiger partial charge is 0.257 e. The highest BCUT2D eigenvalue weighted by Gasteiger charge is 2.06. The number of nitrogens with one attached hydrogen (secondary N) is 1. The molecule has 0 fully saturated rings. The normalized spacial score (nSPS) is 10.4. The van der Waals surface area contributed by atoms with E-state index in [1.807, 2.05) is 17.5 Å². The van der Waals surface area contributed by atoms with Crippen molar-refractivity contribution >= 4 is 28.8 Å². The fourth-order valence-electron chi connectivity index (χ4n) is 2.11. The first-order valence-electron chi connectivity index (χ1n) is 7.70. The average Bonchev–Trinajstić information content (AvgIpc) is 3.11. The number of aromatic nitrogens is 2. The summed E-state index contributed by atoms with van der Waals surface area (Å²) in [4.78, 5) is 20.4. The van der Waals surface area contributed by atoms with Gasteiger partial charge >= 0.3 is 0 Å². The Labute approximate surface area is 154 Å². The standard InChI is InChI=1S/C18H16ClN3O2S/c19-14-1-3-16(4-2-14)24-11-17(23)21-10-7-15-12-25-18(22-15)13-5-8-20-9-6-13/h1-6,8-9,12H,7,10-11H2,(H,21,23). The van der Waals surface area contributed by atoms with E-state index in [1.54, 1.807) is 48.0 Å². The van der Waals surface area contributed by atoms with Gasteiger partial charge in [0.05, 0.1) is 5.69 Å². The second kappa shape index (κ2) is 8.60. The van der Waals surface area contributed by atoms with Crippen LogP contribution in [-0.2, 0) is 11.2 Å². The number of rotatable bonds is 7. The van der Waals surface area contributed by atoms with E-state index in [9.17, 15) is 4.79 Å². The molecule has 1 aromatic carbocycles. The van der Waals surface area contributed by atoms with Crippen LogP contribution < -0.4 is 10.1 Å². The van der Waals surface area contributed by atoms with Crippen molar-refractivity contribution in [3.63, 3.8) is 0 Å². The van der Waals surface area contributed by atoms with Crippen LogP contribution in [0.1, 0.15) is 5.69 Å². The third-order valence-corrected chi connectivity index (χ3v) is 4.56. The molecule has 0 saturated heterocycles. The lowest BCUT2D eigenvalue weighted by molar-refractivity contribution is -0.123. The van der Waals surface area contributed by atoms with Gasteiger partial charge in [-0.1, -0.05) is 11.6 Å². The van der Waals surface area contributed by atoms with Crippen molar-refractivity contribution in [1.82, 2.24) is 15.3 Å². The predicted octanol–water partition coefficient (Wildman–Crippen LogP) is 3.60. The molecule has 0 unspecified atom stereocenters. The second-order valence-corrected chi connectivity index (χ2v) is 6.52. The van der Waals surface area contributed by atoms with Crippen molar-refractivity contribution in [2.75, 3.05) is 13.2 Å². The Morgan fingerprint density at radius 3 is 2.68 bits per heavy atom. The summed E-state index contributed by atoms with van der Waals surface area (Å²) in [6, 6.07) is 10.8. The summed E-state index contributed by atoms with van der Waals surface area (Å²) >= 11 is 7.38. The van der Waals surface area contributed by atoms with E-state index < -0.39 is 0 Å². The summed E-state index contributed by atoms with van der Waals surface area (Å²) in [5, 5.41) is 6.42. The highest BCUT2D eigenvalue weighted by atomic mass is 35.5. The fraction of sp³-hybridized carbons (Fsp3) is 0.167. The Morgan fingerprint density at radius 1 is 1.16 bits per heavy atom. The van der Waals surface area contributed by atoms with E-state index >= 15 is 0 Å². The molecule has 25 heavy (non-hydrogen) atoms. The molecule has 128 valence electrons. The summed E-state index contributed by atoms with van der Waals surface area (Å²) in [7, 11) is 0. The Balaban J connectivity index is 1.41. The molecule has 7 heteroatoms. The van der Waals surface area contributed by atoms with Gasteiger partial charge in [-0.25, -0.2) is 4.98 Å². The number of amides is 1. The molecule has 0 spiro atoms. The van der Waals surface area contributed by atoms with Gasteiger partial charge in [0.25, 0.3) is 5.91 Å². The molecule has 3 aromatic rings. The number of nitrogens with zero attached hydrogens (tertiary/aromatic N) is 2. The van der Waals surface area contributed by atoms with Crippen molar-refractivity contribution in [2.24, 2.45) is 0 Å². The lowest BCUT2D eigenvalue weighted by atomic mass is 10.3. The monoisotopic (exact) mass is 373 g/mol. The van der Waals surface area contributed by atoms with Crippen molar-refractivity contribution in [3.05, 3.63) is 64.9 Å². The molecule has 3 rings (SSSR count). The highest BCUT2D eigenvalue weighted by Crippen LogP contribution is 2.22. The molecule has 0 aliphatic heterocycles. The zero-order valence-corrected chi connectivity index (χ0v) is 14.9. The van der Waals surface area contributed by atoms with Crippen LogP contribution in [0.2, 0.25) is 5.02 Å². The van der Waals surface area contributed by atoms with Crippen molar-refractivity contribution < 1.29 is 9.53 Å². The summed E-state index contributed by atoms with van der Waals surface area (Å²) in [6.45, 7) is 0.489. The third kappa shape index (κ3) is 5.27. The largest absolute Gasteiger partial charge is 0.484 e. The average molecular weight is 374 g/mol. The molecule has 5 nitrogen and oxygen atoms in total. The van der Waals surface area contributed by atoms with Crippen LogP contribution in [0.5, 0.6) is 5.75 Å². The Kier molecular flexibility index (Phi) is 5.98. The van der Waals surface area contributed by atoms with Gasteiger partial charge in [-0.3, -0.25) is 9.78 Å². The van der Waals surface area contributed by atoms with E-state index in [2.05, 4.69) is 15.3 Å². The van der Waals surface area contributed by atoms with E-state index in [4.69, 9.17) is 16.3 Å². The van der Waals surface area contributed by atoms with Crippen molar-refractivity contribution in [1.29, 1.82) is 0 Å². The number of hydrogen-bond donors (Lipinski definition) is 1. The Bertz CT molecular complexity index is 822. The maximum absolute atomic E-state index is 11.8. The quantitative estimate of drug-likeness (QED) is 0.687. The van der Waals surface area contributed by atoms with Gasteiger partial charge in [0.1, 0.15) is 10.8 Å². The van der Waals surface area contributed by atoms with Crippen LogP contribution in [0.25, 0.3) is 10.6 Å². The van der Waals surface area contributed by atoms with Gasteiger partial charge in [0.2, 0.25) is 0 Å². The van der Waals surface area contributed by atoms with Gasteiger partial charge in [0.15, 0.2) is 6.61 Å². The van der Waals surface area contributed by atoms with Crippen LogP contribution in [0.4, 0.5) is 0 Å². The number of thiazole rings is 1. The number of halogens is 1. The van der Waals surface area contributed by atoms with Gasteiger partial charge in [0, 0.05) is 41.3 Å². The maximum Gasteiger partial charge on any atom is 0.257 e. The van der Waals surface area contributed by atoms with Crippen LogP contribution in [0.15, 0.2) is 54.2 Å². The number of benzene rings is 1. The van der Waals surface area contributed by atoms with E-state index in [0.29, 0.717) is 23.7 Å². The zero-order chi connectivity index (χ0) is 17.5. The molecule has 2 aromatic heterocycles. The summed E-state index contributed by atoms with van der Waals surface area (Å²) in [6.07, 6.45) is 4.17. The van der Waals surface area contributed by atoms with Gasteiger partial charge in [-0.2, -0.15) is 0 Å². The van der Waals surface area contributed by atoms with Gasteiger partial charge in [-0.05, 0) is 36.4 Å². The number of ether oxygens (including phenoxy) is 1. The topological polar surface area (TPSA) is 64.1 Å². The predicted molar refractivity (Wildman–Crippen MR) is 99.0 cm³/mol. The number of carbonyl (C=O) groups excluding carboxylic acids is 1. The first-order chi connectivity index (χ1) is 12.2. The number of pyridine rings is 1. The minimum Gasteiger partial charge on any atom is -0.484 e. The van der Waals surface area contributed by atoms with Gasteiger partial charge in [-0.15, -0.1) is 11.3 Å². The molecule has 1 N–H and O–H groups in total. The number of carbonyl (C=O) groups is 1. The summed E-state index contributed by atoms with van der Waals surface area (Å²) in [5.74, 6) is 0.445. The lowest BCUT2D eigenvalue weighted by Gasteiger charge is -2.07. The maximum atomic E-state index is 11.8. The Morgan fingerprint density at radius 2 is 1.92 bits per heavy atom. The molecular formula is C18H16ClN3O2S. The summed E-state index contributed by atoms with van der Waals surface area (Å²) < 4.78 is 5.40. The van der Waals surface area contributed by atoms with Gasteiger partial charge < -0.3 is 10.1 Å². The van der Waals surface area contributed by atoms with E-state index in [1.165, 1.54) is 0 Å². The molecule has 0 saturated carbocycles.